The summed E-state index contributed by atoms with van der Waals surface area (Å²) in [6, 6.07) is 3.37. The van der Waals surface area contributed by atoms with E-state index < -0.39 is 0 Å². The van der Waals surface area contributed by atoms with E-state index in [1.165, 1.54) is 11.8 Å². The first-order valence-electron chi connectivity index (χ1n) is 6.96. The molecule has 0 saturated heterocycles. The smallest absolute Gasteiger partial charge is 0.264 e. The van der Waals surface area contributed by atoms with Gasteiger partial charge >= 0.3 is 0 Å². The summed E-state index contributed by atoms with van der Waals surface area (Å²) in [6.45, 7) is 1.70. The second-order valence-electron chi connectivity index (χ2n) is 5.26. The van der Waals surface area contributed by atoms with E-state index in [4.69, 9.17) is 0 Å². The molecule has 3 aliphatic rings. The van der Waals surface area contributed by atoms with Gasteiger partial charge in [-0.05, 0) is 41.7 Å². The van der Waals surface area contributed by atoms with Crippen molar-refractivity contribution in [1.29, 1.82) is 0 Å². The summed E-state index contributed by atoms with van der Waals surface area (Å²) in [6.07, 6.45) is 4.95. The number of carbonyl (C=O) groups excluding carboxylic acids is 1. The van der Waals surface area contributed by atoms with Crippen molar-refractivity contribution in [3.8, 4) is 5.75 Å². The normalized spacial score (nSPS) is 23.4. The summed E-state index contributed by atoms with van der Waals surface area (Å²) >= 11 is 1.48. The summed E-state index contributed by atoms with van der Waals surface area (Å²) in [7, 11) is 0. The van der Waals surface area contributed by atoms with Gasteiger partial charge in [0.1, 0.15) is 11.0 Å². The lowest BCUT2D eigenvalue weighted by Gasteiger charge is -2.19. The number of rotatable bonds is 1. The first kappa shape index (κ1) is 12.9. The van der Waals surface area contributed by atoms with Crippen molar-refractivity contribution in [3.05, 3.63) is 45.8 Å². The van der Waals surface area contributed by atoms with E-state index in [-0.39, 0.29) is 16.9 Å². The number of phenolic OH excluding ortho intramolecular Hbond substituents is 1. The Balaban J connectivity index is 2.10. The lowest BCUT2D eigenvalue weighted by molar-refractivity contribution is -0.116. The zero-order valence-electron chi connectivity index (χ0n) is 11.3. The van der Waals surface area contributed by atoms with Gasteiger partial charge in [0.05, 0.1) is 5.36 Å². The number of hydrogen-bond acceptors (Lipinski definition) is 4. The van der Waals surface area contributed by atoms with Crippen LogP contribution in [0.25, 0.3) is 11.1 Å². The number of hydrogen-bond donors (Lipinski definition) is 2. The Hall–Kier alpha value is -1.85. The van der Waals surface area contributed by atoms with E-state index >= 15 is 0 Å². The number of thioether (sulfide) groups is 1. The maximum absolute atomic E-state index is 12.1. The van der Waals surface area contributed by atoms with Crippen molar-refractivity contribution in [2.45, 2.75) is 11.7 Å². The van der Waals surface area contributed by atoms with Gasteiger partial charge in [-0.25, -0.2) is 4.99 Å². The summed E-state index contributed by atoms with van der Waals surface area (Å²) in [4.78, 5) is 16.3. The molecule has 0 bridgehead atoms. The molecule has 1 atom stereocenters. The van der Waals surface area contributed by atoms with Crippen molar-refractivity contribution >= 4 is 28.8 Å². The van der Waals surface area contributed by atoms with E-state index in [0.717, 1.165) is 41.4 Å². The van der Waals surface area contributed by atoms with Crippen molar-refractivity contribution in [3.63, 3.8) is 0 Å². The Morgan fingerprint density at radius 2 is 2.29 bits per heavy atom. The highest BCUT2D eigenvalue weighted by atomic mass is 32.2. The standard InChI is InChI=1S/C16H14N2O2S/c19-12-2-1-11-14(13(12)9-3-6-17-7-4-9)10-5-8-21-15(10)16(20)18-11/h1-3,5,8,15,17,19H,4,6-7H2. The Bertz CT molecular complexity index is 823. The van der Waals surface area contributed by atoms with E-state index in [2.05, 4.69) is 16.4 Å². The Morgan fingerprint density at radius 1 is 1.38 bits per heavy atom. The van der Waals surface area contributed by atoms with Gasteiger partial charge in [0, 0.05) is 17.3 Å². The summed E-state index contributed by atoms with van der Waals surface area (Å²) in [5, 5.41) is 16.9. The predicted octanol–water partition coefficient (Wildman–Crippen LogP) is 0.708. The summed E-state index contributed by atoms with van der Waals surface area (Å²) < 4.78 is 0. The van der Waals surface area contributed by atoms with Crippen molar-refractivity contribution in [2.75, 3.05) is 13.1 Å². The Kier molecular flexibility index (Phi) is 2.97. The fraction of sp³-hybridized carbons (Fsp3) is 0.250. The van der Waals surface area contributed by atoms with Gasteiger partial charge in [-0.2, -0.15) is 0 Å². The average Bonchev–Trinajstić information content (AvgIpc) is 2.99. The van der Waals surface area contributed by atoms with E-state index in [1.54, 1.807) is 12.1 Å². The molecule has 0 saturated carbocycles. The highest BCUT2D eigenvalue weighted by molar-refractivity contribution is 8.04. The SMILES string of the molecule is O=C1N=c2ccc(O)c(C3=CCNCC3)c2=C2C=CSC12. The van der Waals surface area contributed by atoms with Crippen LogP contribution >= 0.6 is 11.8 Å². The third kappa shape index (κ3) is 1.96. The predicted molar refractivity (Wildman–Crippen MR) is 83.3 cm³/mol. The molecule has 3 heterocycles. The number of aromatic hydroxyl groups is 1. The second-order valence-corrected chi connectivity index (χ2v) is 6.28. The molecule has 0 fully saturated rings. The first-order chi connectivity index (χ1) is 10.3. The van der Waals surface area contributed by atoms with Crippen LogP contribution < -0.4 is 15.9 Å². The quantitative estimate of drug-likeness (QED) is 0.801. The molecule has 0 radical (unpaired) electrons. The van der Waals surface area contributed by atoms with Crippen molar-refractivity contribution in [2.24, 2.45) is 4.99 Å². The largest absolute Gasteiger partial charge is 0.507 e. The van der Waals surface area contributed by atoms with Crippen LogP contribution in [0, 0.1) is 0 Å². The molecule has 2 N–H and O–H groups in total. The molecule has 106 valence electrons. The van der Waals surface area contributed by atoms with Gasteiger partial charge in [-0.3, -0.25) is 4.79 Å². The lowest BCUT2D eigenvalue weighted by Crippen LogP contribution is -2.40. The molecule has 21 heavy (non-hydrogen) atoms. The number of fused-ring (bicyclic) bond motifs is 2. The molecular formula is C16H14N2O2S. The molecule has 4 rings (SSSR count). The molecule has 1 aromatic rings. The fourth-order valence-corrected chi connectivity index (χ4v) is 3.97. The van der Waals surface area contributed by atoms with Crippen LogP contribution in [0.5, 0.6) is 5.75 Å². The molecule has 0 spiro atoms. The summed E-state index contributed by atoms with van der Waals surface area (Å²) in [5.41, 5.74) is 2.95. The second kappa shape index (κ2) is 4.86. The van der Waals surface area contributed by atoms with Gasteiger partial charge in [0.2, 0.25) is 0 Å². The third-order valence-corrected chi connectivity index (χ3v) is 5.06. The van der Waals surface area contributed by atoms with E-state index in [1.807, 2.05) is 11.5 Å². The van der Waals surface area contributed by atoms with E-state index in [0.29, 0.717) is 5.36 Å². The highest BCUT2D eigenvalue weighted by Gasteiger charge is 2.30. The monoisotopic (exact) mass is 298 g/mol. The average molecular weight is 298 g/mol. The molecule has 1 unspecified atom stereocenters. The van der Waals surface area contributed by atoms with Gasteiger partial charge in [-0.15, -0.1) is 11.8 Å². The number of carbonyl (C=O) groups is 1. The number of benzene rings is 1. The number of nitrogens with one attached hydrogen (secondary N) is 1. The lowest BCUT2D eigenvalue weighted by atomic mass is 9.92. The summed E-state index contributed by atoms with van der Waals surface area (Å²) in [5.74, 6) is 0.159. The van der Waals surface area contributed by atoms with Gasteiger partial charge in [0.25, 0.3) is 5.91 Å². The van der Waals surface area contributed by atoms with Crippen molar-refractivity contribution in [1.82, 2.24) is 5.32 Å². The fourth-order valence-electron chi connectivity index (χ4n) is 3.08. The van der Waals surface area contributed by atoms with Gasteiger partial charge < -0.3 is 10.4 Å². The van der Waals surface area contributed by atoms with Gasteiger partial charge in [0.15, 0.2) is 0 Å². The van der Waals surface area contributed by atoms with Crippen molar-refractivity contribution < 1.29 is 9.90 Å². The molecular weight excluding hydrogens is 284 g/mol. The minimum Gasteiger partial charge on any atom is -0.507 e. The van der Waals surface area contributed by atoms with Gasteiger partial charge in [-0.1, -0.05) is 12.2 Å². The van der Waals surface area contributed by atoms with Crippen LogP contribution in [0.2, 0.25) is 0 Å². The molecule has 4 nitrogen and oxygen atoms in total. The van der Waals surface area contributed by atoms with Crippen LogP contribution in [0.1, 0.15) is 12.0 Å². The maximum Gasteiger partial charge on any atom is 0.264 e. The van der Waals surface area contributed by atoms with Crippen LogP contribution in [-0.2, 0) is 4.79 Å². The zero-order chi connectivity index (χ0) is 14.4. The maximum atomic E-state index is 12.1. The third-order valence-electron chi connectivity index (χ3n) is 4.03. The first-order valence-corrected chi connectivity index (χ1v) is 7.91. The van der Waals surface area contributed by atoms with E-state index in [9.17, 15) is 9.90 Å². The van der Waals surface area contributed by atoms with Crippen LogP contribution in [-0.4, -0.2) is 29.4 Å². The highest BCUT2D eigenvalue weighted by Crippen LogP contribution is 2.33. The minimum absolute atomic E-state index is 0.108. The molecule has 0 aliphatic carbocycles. The molecule has 1 amide bonds. The topological polar surface area (TPSA) is 61.7 Å². The molecule has 0 aromatic heterocycles. The number of nitrogens with zero attached hydrogens (tertiary/aromatic N) is 1. The number of amides is 1. The minimum atomic E-state index is -0.250. The molecule has 5 heteroatoms. The van der Waals surface area contributed by atoms with Crippen LogP contribution in [0.15, 0.2) is 34.7 Å². The van der Waals surface area contributed by atoms with Crippen LogP contribution in [0.3, 0.4) is 0 Å². The number of allylic oxidation sites excluding steroid dienone is 1. The Labute approximate surface area is 126 Å². The zero-order valence-corrected chi connectivity index (χ0v) is 12.1. The number of phenols is 1. The molecule has 3 aliphatic heterocycles. The molecule has 1 aromatic carbocycles. The van der Waals surface area contributed by atoms with Crippen LogP contribution in [0.4, 0.5) is 0 Å². The Morgan fingerprint density at radius 3 is 3.10 bits per heavy atom.